The van der Waals surface area contributed by atoms with E-state index in [0.29, 0.717) is 15.6 Å². The Morgan fingerprint density at radius 2 is 1.74 bits per heavy atom. The summed E-state index contributed by atoms with van der Waals surface area (Å²) in [6.45, 7) is 0.899. The van der Waals surface area contributed by atoms with Crippen LogP contribution in [0.1, 0.15) is 18.5 Å². The lowest BCUT2D eigenvalue weighted by atomic mass is 10.1. The van der Waals surface area contributed by atoms with E-state index in [9.17, 15) is 9.59 Å². The molecule has 0 radical (unpaired) electrons. The summed E-state index contributed by atoms with van der Waals surface area (Å²) < 4.78 is 0. The maximum atomic E-state index is 10.8. The van der Waals surface area contributed by atoms with Gasteiger partial charge in [-0.25, -0.2) is 0 Å². The quantitative estimate of drug-likeness (QED) is 0.844. The van der Waals surface area contributed by atoms with Gasteiger partial charge in [-0.05, 0) is 18.6 Å². The summed E-state index contributed by atoms with van der Waals surface area (Å²) in [6.07, 6.45) is 0. The number of aliphatic carboxylic acids is 2. The number of carboxylic acids is 2. The van der Waals surface area contributed by atoms with Crippen LogP contribution in [0.25, 0.3) is 0 Å². The SMILES string of the molecule is CC(c1cccc(Cl)c1Cl)N(CC(=O)O)CC(=O)O. The highest BCUT2D eigenvalue weighted by Gasteiger charge is 2.23. The van der Waals surface area contributed by atoms with E-state index in [1.54, 1.807) is 25.1 Å². The number of hydrogen-bond acceptors (Lipinski definition) is 3. The van der Waals surface area contributed by atoms with E-state index in [0.717, 1.165) is 0 Å². The fourth-order valence-corrected chi connectivity index (χ4v) is 2.18. The Hall–Kier alpha value is -1.30. The molecular formula is C12H13Cl2NO4. The summed E-state index contributed by atoms with van der Waals surface area (Å²) in [7, 11) is 0. The molecule has 0 saturated carbocycles. The van der Waals surface area contributed by atoms with Gasteiger partial charge in [-0.2, -0.15) is 0 Å². The number of nitrogens with zero attached hydrogens (tertiary/aromatic N) is 1. The topological polar surface area (TPSA) is 77.8 Å². The summed E-state index contributed by atoms with van der Waals surface area (Å²) in [6, 6.07) is 4.51. The van der Waals surface area contributed by atoms with Crippen LogP contribution < -0.4 is 0 Å². The second-order valence-corrected chi connectivity index (χ2v) is 4.80. The molecule has 0 bridgehead atoms. The van der Waals surface area contributed by atoms with E-state index in [4.69, 9.17) is 33.4 Å². The number of hydrogen-bond donors (Lipinski definition) is 2. The maximum absolute atomic E-state index is 10.8. The monoisotopic (exact) mass is 305 g/mol. The van der Waals surface area contributed by atoms with Crippen molar-refractivity contribution in [3.8, 4) is 0 Å². The lowest BCUT2D eigenvalue weighted by Crippen LogP contribution is -2.36. The maximum Gasteiger partial charge on any atom is 0.317 e. The summed E-state index contributed by atoms with van der Waals surface area (Å²) in [5.41, 5.74) is 0.594. The molecule has 5 nitrogen and oxygen atoms in total. The number of benzene rings is 1. The number of carbonyl (C=O) groups is 2. The lowest BCUT2D eigenvalue weighted by molar-refractivity contribution is -0.142. The predicted octanol–water partition coefficient (Wildman–Crippen LogP) is 2.53. The molecule has 0 saturated heterocycles. The molecule has 0 amide bonds. The molecule has 7 heteroatoms. The van der Waals surface area contributed by atoms with Crippen LogP contribution in [0.15, 0.2) is 18.2 Å². The Kier molecular flexibility index (Phi) is 5.60. The van der Waals surface area contributed by atoms with Gasteiger partial charge < -0.3 is 10.2 Å². The fourth-order valence-electron chi connectivity index (χ4n) is 1.72. The van der Waals surface area contributed by atoms with E-state index < -0.39 is 31.1 Å². The average Bonchev–Trinajstić information content (AvgIpc) is 2.30. The van der Waals surface area contributed by atoms with Crippen molar-refractivity contribution in [3.05, 3.63) is 33.8 Å². The second-order valence-electron chi connectivity index (χ2n) is 4.01. The summed E-state index contributed by atoms with van der Waals surface area (Å²) in [5, 5.41) is 18.3. The molecule has 0 spiro atoms. The fraction of sp³-hybridized carbons (Fsp3) is 0.333. The van der Waals surface area contributed by atoms with E-state index >= 15 is 0 Å². The molecule has 0 fully saturated rings. The lowest BCUT2D eigenvalue weighted by Gasteiger charge is -2.27. The third-order valence-electron chi connectivity index (χ3n) is 2.66. The summed E-state index contributed by atoms with van der Waals surface area (Å²) >= 11 is 11.9. The third-order valence-corrected chi connectivity index (χ3v) is 3.49. The molecule has 104 valence electrons. The molecule has 2 N–H and O–H groups in total. The van der Waals surface area contributed by atoms with Gasteiger partial charge in [-0.15, -0.1) is 0 Å². The average molecular weight is 306 g/mol. The summed E-state index contributed by atoms with van der Waals surface area (Å²) in [4.78, 5) is 22.9. The van der Waals surface area contributed by atoms with Gasteiger partial charge in [0, 0.05) is 6.04 Å². The summed E-state index contributed by atoms with van der Waals surface area (Å²) in [5.74, 6) is -2.21. The van der Waals surface area contributed by atoms with Crippen molar-refractivity contribution in [2.24, 2.45) is 0 Å². The molecule has 1 atom stereocenters. The first-order valence-corrected chi connectivity index (χ1v) is 6.20. The van der Waals surface area contributed by atoms with Crippen molar-refractivity contribution in [1.82, 2.24) is 4.90 Å². The highest BCUT2D eigenvalue weighted by atomic mass is 35.5. The molecule has 1 aromatic carbocycles. The standard InChI is InChI=1S/C12H13Cl2NO4/c1-7(8-3-2-4-9(13)12(8)14)15(5-10(16)17)6-11(18)19/h2-4,7H,5-6H2,1H3,(H,16,17)(H,18,19). The molecule has 1 aromatic rings. The Labute approximate surface area is 120 Å². The van der Waals surface area contributed by atoms with E-state index in [-0.39, 0.29) is 0 Å². The van der Waals surface area contributed by atoms with Gasteiger partial charge in [0.2, 0.25) is 0 Å². The van der Waals surface area contributed by atoms with Crippen LogP contribution in [0.5, 0.6) is 0 Å². The van der Waals surface area contributed by atoms with Crippen LogP contribution in [-0.4, -0.2) is 40.1 Å². The Morgan fingerprint density at radius 3 is 2.21 bits per heavy atom. The Balaban J connectivity index is 3.03. The molecule has 0 aromatic heterocycles. The van der Waals surface area contributed by atoms with Crippen LogP contribution in [0.3, 0.4) is 0 Å². The van der Waals surface area contributed by atoms with Crippen molar-refractivity contribution in [2.45, 2.75) is 13.0 Å². The highest BCUT2D eigenvalue weighted by molar-refractivity contribution is 6.42. The third kappa shape index (κ3) is 4.38. The largest absolute Gasteiger partial charge is 0.480 e. The van der Waals surface area contributed by atoms with E-state index in [1.165, 1.54) is 4.90 Å². The minimum Gasteiger partial charge on any atom is -0.480 e. The Morgan fingerprint density at radius 1 is 1.21 bits per heavy atom. The minimum absolute atomic E-state index is 0.303. The van der Waals surface area contributed by atoms with E-state index in [1.807, 2.05) is 0 Å². The predicted molar refractivity (Wildman–Crippen MR) is 71.7 cm³/mol. The molecule has 0 aliphatic heterocycles. The molecular weight excluding hydrogens is 293 g/mol. The molecule has 1 unspecified atom stereocenters. The van der Waals surface area contributed by atoms with Gasteiger partial charge in [0.15, 0.2) is 0 Å². The van der Waals surface area contributed by atoms with Gasteiger partial charge in [0.05, 0.1) is 23.1 Å². The first-order chi connectivity index (χ1) is 8.82. The normalized spacial score (nSPS) is 12.4. The van der Waals surface area contributed by atoms with Gasteiger partial charge in [-0.1, -0.05) is 35.3 Å². The first-order valence-electron chi connectivity index (χ1n) is 5.44. The zero-order valence-electron chi connectivity index (χ0n) is 10.1. The van der Waals surface area contributed by atoms with Crippen molar-refractivity contribution >= 4 is 35.1 Å². The first kappa shape index (κ1) is 15.8. The minimum atomic E-state index is -1.11. The van der Waals surface area contributed by atoms with Crippen molar-refractivity contribution < 1.29 is 19.8 Å². The smallest absolute Gasteiger partial charge is 0.317 e. The van der Waals surface area contributed by atoms with Crippen molar-refractivity contribution in [2.75, 3.05) is 13.1 Å². The van der Waals surface area contributed by atoms with Gasteiger partial charge in [-0.3, -0.25) is 14.5 Å². The zero-order valence-corrected chi connectivity index (χ0v) is 11.6. The van der Waals surface area contributed by atoms with Crippen LogP contribution in [-0.2, 0) is 9.59 Å². The molecule has 0 aliphatic rings. The molecule has 0 aliphatic carbocycles. The molecule has 1 rings (SSSR count). The number of rotatable bonds is 6. The van der Waals surface area contributed by atoms with E-state index in [2.05, 4.69) is 0 Å². The van der Waals surface area contributed by atoms with Crippen molar-refractivity contribution in [3.63, 3.8) is 0 Å². The van der Waals surface area contributed by atoms with Crippen LogP contribution in [0.2, 0.25) is 10.0 Å². The highest BCUT2D eigenvalue weighted by Crippen LogP contribution is 2.32. The van der Waals surface area contributed by atoms with Crippen LogP contribution in [0.4, 0.5) is 0 Å². The second kappa shape index (κ2) is 6.75. The molecule has 19 heavy (non-hydrogen) atoms. The Bertz CT molecular complexity index is 477. The number of carboxylic acid groups (broad SMARTS) is 2. The van der Waals surface area contributed by atoms with Crippen LogP contribution >= 0.6 is 23.2 Å². The number of halogens is 2. The van der Waals surface area contributed by atoms with Gasteiger partial charge in [0.25, 0.3) is 0 Å². The molecule has 0 heterocycles. The van der Waals surface area contributed by atoms with Crippen molar-refractivity contribution in [1.29, 1.82) is 0 Å². The van der Waals surface area contributed by atoms with Gasteiger partial charge >= 0.3 is 11.9 Å². The zero-order chi connectivity index (χ0) is 14.6. The van der Waals surface area contributed by atoms with Gasteiger partial charge in [0.1, 0.15) is 0 Å². The van der Waals surface area contributed by atoms with Crippen LogP contribution in [0, 0.1) is 0 Å².